The first kappa shape index (κ1) is 18.8. The molecule has 0 bridgehead atoms. The van der Waals surface area contributed by atoms with Crippen molar-refractivity contribution in [2.24, 2.45) is 5.10 Å². The molecule has 0 saturated heterocycles. The average Bonchev–Trinajstić information content (AvgIpc) is 3.11. The lowest BCUT2D eigenvalue weighted by Gasteiger charge is -2.07. The number of hydrogen-bond acceptors (Lipinski definition) is 5. The molecule has 0 fully saturated rings. The Kier molecular flexibility index (Phi) is 6.00. The van der Waals surface area contributed by atoms with Gasteiger partial charge in [-0.25, -0.2) is 10.2 Å². The molecule has 3 rings (SSSR count). The predicted molar refractivity (Wildman–Crippen MR) is 102 cm³/mol. The third-order valence-corrected chi connectivity index (χ3v) is 4.13. The van der Waals surface area contributed by atoms with E-state index in [9.17, 15) is 9.59 Å². The number of urea groups is 1. The Balaban J connectivity index is 1.42. The minimum atomic E-state index is -0.566. The van der Waals surface area contributed by atoms with E-state index in [1.807, 2.05) is 0 Å². The van der Waals surface area contributed by atoms with Crippen LogP contribution in [-0.4, -0.2) is 31.5 Å². The van der Waals surface area contributed by atoms with Crippen molar-refractivity contribution in [3.63, 3.8) is 0 Å². The monoisotopic (exact) mass is 408 g/mol. The van der Waals surface area contributed by atoms with Gasteiger partial charge >= 0.3 is 6.03 Å². The molecule has 0 spiro atoms. The molecule has 1 heterocycles. The van der Waals surface area contributed by atoms with Gasteiger partial charge in [0.15, 0.2) is 11.5 Å². The maximum absolute atomic E-state index is 11.8. The highest BCUT2D eigenvalue weighted by Crippen LogP contribution is 2.31. The molecule has 1 aliphatic heterocycles. The Hall–Kier alpha value is -2.97. The van der Waals surface area contributed by atoms with Crippen LogP contribution in [-0.2, 0) is 4.79 Å². The summed E-state index contributed by atoms with van der Waals surface area (Å²) in [5.41, 5.74) is 3.49. The molecule has 2 aromatic carbocycles. The van der Waals surface area contributed by atoms with E-state index >= 15 is 0 Å². The van der Waals surface area contributed by atoms with E-state index in [2.05, 4.69) is 21.2 Å². The molecule has 27 heavy (non-hydrogen) atoms. The Labute approximate surface area is 164 Å². The lowest BCUT2D eigenvalue weighted by molar-refractivity contribution is -0.120. The zero-order chi connectivity index (χ0) is 19.2. The molecule has 0 aliphatic carbocycles. The van der Waals surface area contributed by atoms with Crippen LogP contribution in [0.4, 0.5) is 10.5 Å². The molecule has 2 aromatic rings. The van der Waals surface area contributed by atoms with Crippen LogP contribution in [0.5, 0.6) is 11.5 Å². The van der Waals surface area contributed by atoms with Crippen LogP contribution < -0.4 is 25.5 Å². The predicted octanol–water partition coefficient (Wildman–Crippen LogP) is 2.99. The van der Waals surface area contributed by atoms with Crippen LogP contribution in [0.3, 0.4) is 0 Å². The summed E-state index contributed by atoms with van der Waals surface area (Å²) in [5, 5.41) is 9.45. The highest BCUT2D eigenvalue weighted by molar-refractivity contribution is 6.42. The van der Waals surface area contributed by atoms with Gasteiger partial charge in [-0.15, -0.1) is 0 Å². The number of halogens is 2. The summed E-state index contributed by atoms with van der Waals surface area (Å²) in [6.07, 6.45) is 1.45. The SMILES string of the molecule is O=C(CNC(=O)Nc1ccc(Cl)c(Cl)c1)N/N=C/c1ccc2c(c1)OCO2. The molecular formula is C17H14Cl2N4O4. The summed E-state index contributed by atoms with van der Waals surface area (Å²) < 4.78 is 10.5. The maximum Gasteiger partial charge on any atom is 0.319 e. The smallest absolute Gasteiger partial charge is 0.319 e. The number of carbonyl (C=O) groups excluding carboxylic acids is 2. The van der Waals surface area contributed by atoms with Crippen LogP contribution in [0.2, 0.25) is 10.0 Å². The Morgan fingerprint density at radius 3 is 2.70 bits per heavy atom. The van der Waals surface area contributed by atoms with Gasteiger partial charge in [-0.2, -0.15) is 5.10 Å². The summed E-state index contributed by atoms with van der Waals surface area (Å²) >= 11 is 11.7. The molecule has 0 atom stereocenters. The highest BCUT2D eigenvalue weighted by Gasteiger charge is 2.12. The molecule has 0 aromatic heterocycles. The first-order valence-corrected chi connectivity index (χ1v) is 8.48. The van der Waals surface area contributed by atoms with Gasteiger partial charge in [-0.3, -0.25) is 4.79 Å². The second-order valence-corrected chi connectivity index (χ2v) is 6.16. The van der Waals surface area contributed by atoms with Crippen molar-refractivity contribution in [2.45, 2.75) is 0 Å². The summed E-state index contributed by atoms with van der Waals surface area (Å²) in [6, 6.07) is 9.33. The van der Waals surface area contributed by atoms with Crippen LogP contribution in [0, 0.1) is 0 Å². The van der Waals surface area contributed by atoms with E-state index in [4.69, 9.17) is 32.7 Å². The Morgan fingerprint density at radius 1 is 1.07 bits per heavy atom. The minimum Gasteiger partial charge on any atom is -0.454 e. The first-order chi connectivity index (χ1) is 13.0. The van der Waals surface area contributed by atoms with Crippen molar-refractivity contribution in [3.05, 3.63) is 52.0 Å². The number of hydrogen-bond donors (Lipinski definition) is 3. The molecule has 1 aliphatic rings. The summed E-state index contributed by atoms with van der Waals surface area (Å²) in [7, 11) is 0. The van der Waals surface area contributed by atoms with E-state index in [1.165, 1.54) is 12.3 Å². The first-order valence-electron chi connectivity index (χ1n) is 7.73. The molecular weight excluding hydrogens is 395 g/mol. The van der Waals surface area contributed by atoms with Crippen molar-refractivity contribution in [3.8, 4) is 11.5 Å². The number of carbonyl (C=O) groups is 2. The van der Waals surface area contributed by atoms with Crippen molar-refractivity contribution in [1.82, 2.24) is 10.7 Å². The van der Waals surface area contributed by atoms with Gasteiger partial charge in [-0.1, -0.05) is 23.2 Å². The summed E-state index contributed by atoms with van der Waals surface area (Å²) in [4.78, 5) is 23.5. The maximum atomic E-state index is 11.8. The fourth-order valence-electron chi connectivity index (χ4n) is 2.12. The Bertz CT molecular complexity index is 904. The number of fused-ring (bicyclic) bond motifs is 1. The van der Waals surface area contributed by atoms with Gasteiger partial charge in [0.25, 0.3) is 5.91 Å². The van der Waals surface area contributed by atoms with Crippen molar-refractivity contribution < 1.29 is 19.1 Å². The third kappa shape index (κ3) is 5.25. The van der Waals surface area contributed by atoms with E-state index in [0.717, 1.165) is 5.56 Å². The van der Waals surface area contributed by atoms with Crippen LogP contribution in [0.1, 0.15) is 5.56 Å². The number of ether oxygens (including phenoxy) is 2. The summed E-state index contributed by atoms with van der Waals surface area (Å²) in [6.45, 7) is -0.0751. The Morgan fingerprint density at radius 2 is 1.89 bits per heavy atom. The molecule has 140 valence electrons. The van der Waals surface area contributed by atoms with Crippen molar-refractivity contribution in [2.75, 3.05) is 18.7 Å². The largest absolute Gasteiger partial charge is 0.454 e. The second-order valence-electron chi connectivity index (χ2n) is 5.34. The van der Waals surface area contributed by atoms with Crippen LogP contribution in [0.25, 0.3) is 0 Å². The standard InChI is InChI=1S/C17H14Cl2N4O4/c18-12-3-2-11(6-13(12)19)22-17(25)20-8-16(24)23-21-7-10-1-4-14-15(5-10)27-9-26-14/h1-7H,8-9H2,(H,23,24)(H2,20,22,25)/b21-7+. The molecule has 3 amide bonds. The van der Waals surface area contributed by atoms with E-state index in [1.54, 1.807) is 30.3 Å². The summed E-state index contributed by atoms with van der Waals surface area (Å²) in [5.74, 6) is 0.788. The van der Waals surface area contributed by atoms with Gasteiger partial charge in [0, 0.05) is 5.69 Å². The van der Waals surface area contributed by atoms with Crippen LogP contribution >= 0.6 is 23.2 Å². The lowest BCUT2D eigenvalue weighted by Crippen LogP contribution is -2.37. The van der Waals surface area contributed by atoms with E-state index < -0.39 is 11.9 Å². The number of hydrazone groups is 1. The number of rotatable bonds is 5. The van der Waals surface area contributed by atoms with E-state index in [0.29, 0.717) is 27.2 Å². The fraction of sp³-hybridized carbons (Fsp3) is 0.118. The van der Waals surface area contributed by atoms with Gasteiger partial charge in [0.05, 0.1) is 16.3 Å². The lowest BCUT2D eigenvalue weighted by atomic mass is 10.2. The molecule has 0 radical (unpaired) electrons. The number of benzene rings is 2. The zero-order valence-electron chi connectivity index (χ0n) is 13.8. The normalized spacial score (nSPS) is 12.1. The van der Waals surface area contributed by atoms with Crippen molar-refractivity contribution in [1.29, 1.82) is 0 Å². The third-order valence-electron chi connectivity index (χ3n) is 3.39. The van der Waals surface area contributed by atoms with E-state index in [-0.39, 0.29) is 13.3 Å². The zero-order valence-corrected chi connectivity index (χ0v) is 15.3. The van der Waals surface area contributed by atoms with Gasteiger partial charge in [-0.05, 0) is 42.0 Å². The topological polar surface area (TPSA) is 101 Å². The van der Waals surface area contributed by atoms with Gasteiger partial charge < -0.3 is 20.1 Å². The number of amides is 3. The molecule has 0 unspecified atom stereocenters. The minimum absolute atomic E-state index is 0.183. The molecule has 10 heteroatoms. The van der Waals surface area contributed by atoms with Gasteiger partial charge in [0.2, 0.25) is 6.79 Å². The van der Waals surface area contributed by atoms with Crippen molar-refractivity contribution >= 4 is 47.0 Å². The number of anilines is 1. The average molecular weight is 409 g/mol. The quantitative estimate of drug-likeness (QED) is 0.522. The molecule has 3 N–H and O–H groups in total. The van der Waals surface area contributed by atoms with Crippen LogP contribution in [0.15, 0.2) is 41.5 Å². The second kappa shape index (κ2) is 8.61. The highest BCUT2D eigenvalue weighted by atomic mass is 35.5. The molecule has 0 saturated carbocycles. The fourth-order valence-corrected chi connectivity index (χ4v) is 2.42. The number of nitrogens with one attached hydrogen (secondary N) is 3. The molecule has 8 nitrogen and oxygen atoms in total. The number of nitrogens with zero attached hydrogens (tertiary/aromatic N) is 1. The van der Waals surface area contributed by atoms with Gasteiger partial charge in [0.1, 0.15) is 6.54 Å².